The molecule has 0 saturated carbocycles. The number of carbonyl (C=O) groups excluding carboxylic acids is 2. The molecule has 1 fully saturated rings. The minimum atomic E-state index is -1.75. The van der Waals surface area contributed by atoms with E-state index >= 15 is 0 Å². The van der Waals surface area contributed by atoms with Gasteiger partial charge in [0.05, 0.1) is 13.3 Å². The van der Waals surface area contributed by atoms with Crippen molar-refractivity contribution in [1.29, 1.82) is 0 Å². The molecule has 2 amide bonds. The summed E-state index contributed by atoms with van der Waals surface area (Å²) in [5.41, 5.74) is 1.51. The monoisotopic (exact) mass is 614 g/mol. The number of alkyl halides is 2. The van der Waals surface area contributed by atoms with Gasteiger partial charge in [0.2, 0.25) is 12.8 Å². The molecule has 1 unspecified atom stereocenters. The van der Waals surface area contributed by atoms with E-state index in [0.717, 1.165) is 32.5 Å². The van der Waals surface area contributed by atoms with E-state index in [1.165, 1.54) is 19.6 Å². The summed E-state index contributed by atoms with van der Waals surface area (Å²) < 4.78 is 42.8. The number of aromatic nitrogens is 1. The number of hydrogen-bond donors (Lipinski definition) is 2. The molecule has 0 radical (unpaired) electrons. The van der Waals surface area contributed by atoms with Crippen LogP contribution in [0.25, 0.3) is 0 Å². The minimum absolute atomic E-state index is 0. The van der Waals surface area contributed by atoms with Gasteiger partial charge < -0.3 is 25.0 Å². The minimum Gasteiger partial charge on any atom is -0.489 e. The number of amides is 2. The molecule has 2 aromatic rings. The first-order valence-electron chi connectivity index (χ1n) is 14.8. The maximum absolute atomic E-state index is 13.0. The largest absolute Gasteiger partial charge is 0.489 e. The van der Waals surface area contributed by atoms with Gasteiger partial charge >= 0.3 is 0 Å². The number of piperidine rings is 1. The average molecular weight is 615 g/mol. The number of likely N-dealkylation sites (tertiary alicyclic amines) is 1. The van der Waals surface area contributed by atoms with E-state index in [1.807, 2.05) is 6.92 Å². The Morgan fingerprint density at radius 2 is 1.65 bits per heavy atom. The van der Waals surface area contributed by atoms with Crippen LogP contribution in [0.1, 0.15) is 81.0 Å². The van der Waals surface area contributed by atoms with E-state index in [1.54, 1.807) is 42.6 Å². The lowest BCUT2D eigenvalue weighted by atomic mass is 10.0. The Bertz CT molecular complexity index is 1090. The number of anilines is 2. The molecule has 0 aliphatic carbocycles. The summed E-state index contributed by atoms with van der Waals surface area (Å²) >= 11 is 0. The number of nitrogens with zero attached hydrogens (tertiary/aromatic N) is 2. The molecule has 8 nitrogen and oxygen atoms in total. The zero-order valence-electron chi connectivity index (χ0n) is 26.0. The Morgan fingerprint density at radius 3 is 2.16 bits per heavy atom. The van der Waals surface area contributed by atoms with Gasteiger partial charge in [0.1, 0.15) is 17.5 Å². The van der Waals surface area contributed by atoms with Crippen LogP contribution in [0.15, 0.2) is 54.7 Å². The highest BCUT2D eigenvalue weighted by atomic mass is 19.3. The molecule has 43 heavy (non-hydrogen) atoms. The van der Waals surface area contributed by atoms with Crippen LogP contribution < -0.4 is 15.4 Å². The molecule has 2 heterocycles. The summed E-state index contributed by atoms with van der Waals surface area (Å²) in [5.74, 6) is 0.367. The van der Waals surface area contributed by atoms with Crippen LogP contribution in [0.5, 0.6) is 5.75 Å². The first kappa shape index (κ1) is 37.4. The second-order valence-corrected chi connectivity index (χ2v) is 10.1. The Morgan fingerprint density at radius 1 is 1.07 bits per heavy atom. The van der Waals surface area contributed by atoms with Gasteiger partial charge in [-0.05, 0) is 80.6 Å². The molecule has 11 heteroatoms. The molecule has 2 N–H and O–H groups in total. The summed E-state index contributed by atoms with van der Waals surface area (Å²) in [4.78, 5) is 31.5. The number of rotatable bonds is 12. The lowest BCUT2D eigenvalue weighted by Crippen LogP contribution is -2.38. The average Bonchev–Trinajstić information content (AvgIpc) is 3.01. The number of pyridine rings is 1. The van der Waals surface area contributed by atoms with Crippen molar-refractivity contribution in [1.82, 2.24) is 9.88 Å². The Labute approximate surface area is 258 Å². The molecule has 246 valence electrons. The first-order valence-corrected chi connectivity index (χ1v) is 14.8. The van der Waals surface area contributed by atoms with Crippen LogP contribution >= 0.6 is 0 Å². The van der Waals surface area contributed by atoms with E-state index in [-0.39, 0.29) is 28.1 Å². The lowest BCUT2D eigenvalue weighted by molar-refractivity contribution is -0.116. The maximum Gasteiger partial charge on any atom is 0.274 e. The van der Waals surface area contributed by atoms with Gasteiger partial charge in [-0.1, -0.05) is 34.1 Å². The quantitative estimate of drug-likeness (QED) is 0.233. The first-order chi connectivity index (χ1) is 20.7. The number of nitrogens with one attached hydrogen (secondary N) is 2. The van der Waals surface area contributed by atoms with Gasteiger partial charge in [-0.2, -0.15) is 4.39 Å². The molecule has 0 bridgehead atoms. The number of allylic oxidation sites excluding steroid dienone is 1. The number of ether oxygens (including phenoxy) is 2. The zero-order valence-corrected chi connectivity index (χ0v) is 26.0. The van der Waals surface area contributed by atoms with Crippen molar-refractivity contribution in [2.75, 3.05) is 44.3 Å². The molecule has 1 aliphatic rings. The Balaban J connectivity index is -0.00000190. The van der Waals surface area contributed by atoms with Gasteiger partial charge in [-0.15, -0.1) is 0 Å². The van der Waals surface area contributed by atoms with Crippen molar-refractivity contribution in [3.63, 3.8) is 0 Å². The highest BCUT2D eigenvalue weighted by molar-refractivity contribution is 6.03. The van der Waals surface area contributed by atoms with Crippen molar-refractivity contribution < 1.29 is 36.5 Å². The Hall–Kier alpha value is -3.60. The fourth-order valence-corrected chi connectivity index (χ4v) is 4.05. The summed E-state index contributed by atoms with van der Waals surface area (Å²) in [6.07, 6.45) is 7.82. The van der Waals surface area contributed by atoms with E-state index in [0.29, 0.717) is 42.1 Å². The zero-order chi connectivity index (χ0) is 32.0. The van der Waals surface area contributed by atoms with E-state index in [9.17, 15) is 22.8 Å². The van der Waals surface area contributed by atoms with Gasteiger partial charge in [0.15, 0.2) is 0 Å². The van der Waals surface area contributed by atoms with E-state index < -0.39 is 12.9 Å². The van der Waals surface area contributed by atoms with Crippen molar-refractivity contribution in [3.05, 3.63) is 60.4 Å². The van der Waals surface area contributed by atoms with Crippen LogP contribution in [0.3, 0.4) is 0 Å². The molecule has 1 aromatic carbocycles. The van der Waals surface area contributed by atoms with Crippen LogP contribution in [0.4, 0.5) is 24.5 Å². The summed E-state index contributed by atoms with van der Waals surface area (Å²) in [7, 11) is 1.28. The molecule has 1 aromatic heterocycles. The molecule has 1 aliphatic heterocycles. The lowest BCUT2D eigenvalue weighted by Gasteiger charge is -2.31. The van der Waals surface area contributed by atoms with Crippen LogP contribution in [-0.2, 0) is 9.53 Å². The summed E-state index contributed by atoms with van der Waals surface area (Å²) in [6.45, 7) is 9.75. The fourth-order valence-electron chi connectivity index (χ4n) is 4.05. The van der Waals surface area contributed by atoms with Crippen molar-refractivity contribution in [2.24, 2.45) is 5.92 Å². The van der Waals surface area contributed by atoms with Crippen LogP contribution in [0.2, 0.25) is 0 Å². The van der Waals surface area contributed by atoms with E-state index in [4.69, 9.17) is 4.74 Å². The standard InChI is InChI=1S/C28H37FN4O4.C3H8.CH2F2.3H2/c1-4-33-17-15-23(16-18-33)37-24-11-12-25(30-19-24)28(35)32-22-9-7-21(8-10-22)31-27(34)14-6-20(2)5-13-26(29)36-3;1-3-2;2-1-3;;;/h7-13,19-20,23H,4-6,14-18H2,1-3H3,(H,31,34)(H,32,35);3H2,1-2H3;1H2;3*1H/b26-13-;;;;;. The SMILES string of the molecule is CCC.CCN1CCC(Oc2ccc(C(=O)Nc3ccc(NC(=O)CCC(C)C/C=C(/F)OC)cc3)nc2)CC1.FCF.[HH].[HH].[HH]. The topological polar surface area (TPSA) is 92.8 Å². The molecule has 1 atom stereocenters. The highest BCUT2D eigenvalue weighted by Crippen LogP contribution is 2.20. The summed E-state index contributed by atoms with van der Waals surface area (Å²) in [5, 5.41) is 5.65. The normalized spacial score (nSPS) is 14.3. The third-order valence-electron chi connectivity index (χ3n) is 6.42. The van der Waals surface area contributed by atoms with Crippen LogP contribution in [-0.4, -0.2) is 61.5 Å². The van der Waals surface area contributed by atoms with Gasteiger partial charge in [0, 0.05) is 35.2 Å². The highest BCUT2D eigenvalue weighted by Gasteiger charge is 2.19. The molecular formula is C32H53F3N4O4. The van der Waals surface area contributed by atoms with Crippen LogP contribution in [0, 0.1) is 5.92 Å². The summed E-state index contributed by atoms with van der Waals surface area (Å²) in [6, 6.07) is 9.70. The second kappa shape index (κ2) is 22.0. The number of hydrogen-bond acceptors (Lipinski definition) is 6. The smallest absolute Gasteiger partial charge is 0.274 e. The second-order valence-electron chi connectivity index (χ2n) is 10.1. The number of benzene rings is 1. The number of methoxy groups -OCH3 is 1. The van der Waals surface area contributed by atoms with E-state index in [2.05, 4.69) is 46.0 Å². The predicted molar refractivity (Wildman–Crippen MR) is 172 cm³/mol. The van der Waals surface area contributed by atoms with Gasteiger partial charge in [-0.25, -0.2) is 13.8 Å². The molecule has 3 rings (SSSR count). The van der Waals surface area contributed by atoms with Gasteiger partial charge in [-0.3, -0.25) is 9.59 Å². The van der Waals surface area contributed by atoms with Gasteiger partial charge in [0.25, 0.3) is 11.9 Å². The number of carbonyl (C=O) groups is 2. The maximum atomic E-state index is 13.0. The fraction of sp³-hybridized carbons (Fsp3) is 0.531. The third kappa shape index (κ3) is 16.0. The molecule has 1 saturated heterocycles. The molecular weight excluding hydrogens is 561 g/mol. The Kier molecular flexibility index (Phi) is 19.2. The number of halogens is 3. The third-order valence-corrected chi connectivity index (χ3v) is 6.42. The predicted octanol–water partition coefficient (Wildman–Crippen LogP) is 8.44. The van der Waals surface area contributed by atoms with Crippen molar-refractivity contribution >= 4 is 23.2 Å². The van der Waals surface area contributed by atoms with Crippen molar-refractivity contribution in [3.8, 4) is 5.75 Å². The molecule has 0 spiro atoms. The van der Waals surface area contributed by atoms with Crippen molar-refractivity contribution in [2.45, 2.75) is 72.3 Å².